The first-order chi connectivity index (χ1) is 9.97. The molecule has 2 N–H and O–H groups in total. The Labute approximate surface area is 134 Å². The van der Waals surface area contributed by atoms with Gasteiger partial charge in [-0.05, 0) is 29.7 Å². The number of carbonyl (C=O) groups is 2. The molecule has 0 aromatic carbocycles. The second-order valence-corrected chi connectivity index (χ2v) is 7.49. The highest BCUT2D eigenvalue weighted by Gasteiger charge is 2.16. The van der Waals surface area contributed by atoms with E-state index >= 15 is 0 Å². The normalized spacial score (nSPS) is 12.3. The Bertz CT molecular complexity index is 432. The van der Waals surface area contributed by atoms with Gasteiger partial charge in [-0.1, -0.05) is 19.9 Å². The zero-order valence-corrected chi connectivity index (χ0v) is 14.1. The Balaban J connectivity index is 2.23. The molecule has 1 atom stereocenters. The van der Waals surface area contributed by atoms with Crippen LogP contribution in [0.1, 0.15) is 31.6 Å². The number of carboxylic acids is 1. The number of nitrogens with one attached hydrogen (secondary N) is 1. The minimum atomic E-state index is -0.804. The van der Waals surface area contributed by atoms with E-state index in [0.717, 1.165) is 12.2 Å². The zero-order valence-electron chi connectivity index (χ0n) is 12.5. The van der Waals surface area contributed by atoms with Crippen LogP contribution < -0.4 is 5.32 Å². The first kappa shape index (κ1) is 18.0. The topological polar surface area (TPSA) is 66.4 Å². The average Bonchev–Trinajstić information content (AvgIpc) is 2.88. The summed E-state index contributed by atoms with van der Waals surface area (Å²) in [6, 6.07) is 4.06. The Morgan fingerprint density at radius 1 is 1.43 bits per heavy atom. The van der Waals surface area contributed by atoms with Crippen molar-refractivity contribution in [3.63, 3.8) is 0 Å². The quantitative estimate of drug-likeness (QED) is 0.691. The van der Waals surface area contributed by atoms with Crippen LogP contribution in [-0.2, 0) is 15.3 Å². The van der Waals surface area contributed by atoms with Crippen LogP contribution >= 0.6 is 23.1 Å². The van der Waals surface area contributed by atoms with Crippen molar-refractivity contribution in [2.75, 3.05) is 12.3 Å². The Hall–Kier alpha value is -1.01. The molecule has 0 aliphatic carbocycles. The van der Waals surface area contributed by atoms with Crippen molar-refractivity contribution in [1.82, 2.24) is 5.32 Å². The van der Waals surface area contributed by atoms with Crippen molar-refractivity contribution in [1.29, 1.82) is 0 Å². The van der Waals surface area contributed by atoms with E-state index in [1.165, 1.54) is 4.88 Å². The van der Waals surface area contributed by atoms with Gasteiger partial charge < -0.3 is 10.4 Å². The molecule has 0 unspecified atom stereocenters. The van der Waals surface area contributed by atoms with Crippen molar-refractivity contribution < 1.29 is 14.7 Å². The van der Waals surface area contributed by atoms with E-state index in [9.17, 15) is 9.59 Å². The van der Waals surface area contributed by atoms with Gasteiger partial charge in [0, 0.05) is 23.6 Å². The predicted molar refractivity (Wildman–Crippen MR) is 88.7 cm³/mol. The molecule has 1 rings (SSSR count). The number of hydrogen-bond donors (Lipinski definition) is 2. The summed E-state index contributed by atoms with van der Waals surface area (Å²) in [4.78, 5) is 23.9. The molecule has 0 saturated heterocycles. The Morgan fingerprint density at radius 2 is 2.19 bits per heavy atom. The average molecular weight is 329 g/mol. The minimum absolute atomic E-state index is 0.00810. The van der Waals surface area contributed by atoms with Crippen LogP contribution in [0.15, 0.2) is 17.5 Å². The first-order valence-electron chi connectivity index (χ1n) is 7.06. The smallest absolute Gasteiger partial charge is 0.303 e. The monoisotopic (exact) mass is 329 g/mol. The van der Waals surface area contributed by atoms with Crippen molar-refractivity contribution in [2.45, 2.75) is 32.4 Å². The molecule has 0 aliphatic rings. The lowest BCUT2D eigenvalue weighted by atomic mass is 9.94. The molecule has 21 heavy (non-hydrogen) atoms. The number of rotatable bonds is 10. The molecule has 1 aromatic heterocycles. The van der Waals surface area contributed by atoms with Crippen molar-refractivity contribution in [3.05, 3.63) is 22.4 Å². The van der Waals surface area contributed by atoms with Gasteiger partial charge in [0.25, 0.3) is 0 Å². The van der Waals surface area contributed by atoms with Gasteiger partial charge in [-0.2, -0.15) is 0 Å². The predicted octanol–water partition coefficient (Wildman–Crippen LogP) is 3.23. The number of thiophene rings is 1. The molecule has 0 aliphatic heterocycles. The van der Waals surface area contributed by atoms with Gasteiger partial charge in [0.1, 0.15) is 0 Å². The fourth-order valence-electron chi connectivity index (χ4n) is 2.10. The summed E-state index contributed by atoms with van der Waals surface area (Å²) in [5.41, 5.74) is 0. The summed E-state index contributed by atoms with van der Waals surface area (Å²) in [5.74, 6) is 0.875. The number of carboxylic acid groups (broad SMARTS) is 1. The van der Waals surface area contributed by atoms with Crippen LogP contribution in [0.5, 0.6) is 0 Å². The molecule has 1 amide bonds. The van der Waals surface area contributed by atoms with Gasteiger partial charge in [-0.3, -0.25) is 9.59 Å². The van der Waals surface area contributed by atoms with Crippen LogP contribution in [0.25, 0.3) is 0 Å². The number of thioether (sulfide) groups is 1. The fourth-order valence-corrected chi connectivity index (χ4v) is 3.80. The van der Waals surface area contributed by atoms with E-state index < -0.39 is 5.97 Å². The second kappa shape index (κ2) is 9.84. The number of carbonyl (C=O) groups excluding carboxylic acids is 1. The third kappa shape index (κ3) is 8.78. The van der Waals surface area contributed by atoms with Crippen molar-refractivity contribution in [2.24, 2.45) is 11.8 Å². The molecule has 0 radical (unpaired) electrons. The maximum atomic E-state index is 11.8. The summed E-state index contributed by atoms with van der Waals surface area (Å²) < 4.78 is 0. The summed E-state index contributed by atoms with van der Waals surface area (Å²) in [7, 11) is 0. The number of hydrogen-bond acceptors (Lipinski definition) is 4. The zero-order chi connectivity index (χ0) is 15.7. The van der Waals surface area contributed by atoms with Gasteiger partial charge in [-0.25, -0.2) is 0 Å². The third-order valence-electron chi connectivity index (χ3n) is 2.91. The SMILES string of the molecule is CC(C)C[C@H](CNC(=O)CSCc1cccs1)CC(=O)O. The highest BCUT2D eigenvalue weighted by Crippen LogP contribution is 2.17. The van der Waals surface area contributed by atoms with Crippen molar-refractivity contribution >= 4 is 35.0 Å². The van der Waals surface area contributed by atoms with Gasteiger partial charge in [0.05, 0.1) is 5.75 Å². The minimum Gasteiger partial charge on any atom is -0.481 e. The van der Waals surface area contributed by atoms with Gasteiger partial charge in [0.15, 0.2) is 0 Å². The van der Waals surface area contributed by atoms with E-state index in [1.807, 2.05) is 11.4 Å². The van der Waals surface area contributed by atoms with E-state index in [2.05, 4.69) is 25.2 Å². The molecule has 0 bridgehead atoms. The maximum Gasteiger partial charge on any atom is 0.303 e. The molecule has 4 nitrogen and oxygen atoms in total. The van der Waals surface area contributed by atoms with Crippen LogP contribution in [-0.4, -0.2) is 29.3 Å². The van der Waals surface area contributed by atoms with Crippen molar-refractivity contribution in [3.8, 4) is 0 Å². The largest absolute Gasteiger partial charge is 0.481 e. The lowest BCUT2D eigenvalue weighted by Crippen LogP contribution is -2.32. The molecule has 1 aromatic rings. The number of amides is 1. The molecule has 118 valence electrons. The van der Waals surface area contributed by atoms with E-state index in [0.29, 0.717) is 18.2 Å². The lowest BCUT2D eigenvalue weighted by molar-refractivity contribution is -0.138. The molecular weight excluding hydrogens is 306 g/mol. The van der Waals surface area contributed by atoms with Gasteiger partial charge in [0.2, 0.25) is 5.91 Å². The van der Waals surface area contributed by atoms with Crippen LogP contribution in [0.3, 0.4) is 0 Å². The molecule has 0 saturated carbocycles. The van der Waals surface area contributed by atoms with E-state index in [1.54, 1.807) is 23.1 Å². The molecule has 0 fully saturated rings. The maximum absolute atomic E-state index is 11.8. The Kier molecular flexibility index (Phi) is 8.45. The fraction of sp³-hybridized carbons (Fsp3) is 0.600. The molecule has 6 heteroatoms. The summed E-state index contributed by atoms with van der Waals surface area (Å²) in [5, 5.41) is 13.8. The summed E-state index contributed by atoms with van der Waals surface area (Å²) in [6.45, 7) is 4.57. The highest BCUT2D eigenvalue weighted by molar-refractivity contribution is 7.99. The van der Waals surface area contributed by atoms with Crippen LogP contribution in [0.4, 0.5) is 0 Å². The van der Waals surface area contributed by atoms with Crippen LogP contribution in [0, 0.1) is 11.8 Å². The van der Waals surface area contributed by atoms with Crippen LogP contribution in [0.2, 0.25) is 0 Å². The standard InChI is InChI=1S/C15H23NO3S2/c1-11(2)6-12(7-15(18)19)8-16-14(17)10-20-9-13-4-3-5-21-13/h3-5,11-12H,6-10H2,1-2H3,(H,16,17)(H,18,19)/t12-/m0/s1. The summed E-state index contributed by atoms with van der Waals surface area (Å²) in [6.07, 6.45) is 0.926. The molecule has 0 spiro atoms. The highest BCUT2D eigenvalue weighted by atomic mass is 32.2. The Morgan fingerprint density at radius 3 is 2.76 bits per heavy atom. The molecular formula is C15H23NO3S2. The second-order valence-electron chi connectivity index (χ2n) is 5.47. The lowest BCUT2D eigenvalue weighted by Gasteiger charge is -2.17. The van der Waals surface area contributed by atoms with E-state index in [4.69, 9.17) is 5.11 Å². The van der Waals surface area contributed by atoms with E-state index in [-0.39, 0.29) is 18.2 Å². The number of aliphatic carboxylic acids is 1. The first-order valence-corrected chi connectivity index (χ1v) is 9.09. The summed E-state index contributed by atoms with van der Waals surface area (Å²) >= 11 is 3.27. The van der Waals surface area contributed by atoms with Gasteiger partial charge in [-0.15, -0.1) is 23.1 Å². The third-order valence-corrected chi connectivity index (χ3v) is 4.95. The van der Waals surface area contributed by atoms with Gasteiger partial charge >= 0.3 is 5.97 Å². The molecule has 1 heterocycles.